The van der Waals surface area contributed by atoms with Crippen molar-refractivity contribution in [1.82, 2.24) is 29.9 Å². The van der Waals surface area contributed by atoms with Gasteiger partial charge < -0.3 is 78.1 Å². The third-order valence-corrected chi connectivity index (χ3v) is 16.7. The van der Waals surface area contributed by atoms with Crippen LogP contribution in [0.2, 0.25) is 0 Å². The molecule has 2 aromatic heterocycles. The molecule has 8 aromatic carbocycles. The second kappa shape index (κ2) is 31.0. The highest BCUT2D eigenvalue weighted by Crippen LogP contribution is 2.46. The number of benzene rings is 8. The lowest BCUT2D eigenvalue weighted by molar-refractivity contribution is 0.0676. The fourth-order valence-electron chi connectivity index (χ4n) is 10.2. The summed E-state index contributed by atoms with van der Waals surface area (Å²) >= 11 is 0. The molecule has 10 aromatic rings. The molecular formula is C65H59N17O19S2. The minimum absolute atomic E-state index is 0.00303. The van der Waals surface area contributed by atoms with E-state index in [2.05, 4.69) is 87.6 Å². The highest BCUT2D eigenvalue weighted by Gasteiger charge is 2.24. The molecule has 0 saturated carbocycles. The molecule has 0 aliphatic heterocycles. The Morgan fingerprint density at radius 3 is 1.14 bits per heavy atom. The number of aromatic hydroxyl groups is 2. The van der Waals surface area contributed by atoms with Gasteiger partial charge >= 0.3 is 23.9 Å². The van der Waals surface area contributed by atoms with Crippen LogP contribution >= 0.6 is 0 Å². The molecule has 0 bridgehead atoms. The second-order valence-corrected chi connectivity index (χ2v) is 25.2. The standard InChI is InChI=1S/C65H59N17O19S2/c1-31-17-36-25-45(102(96,97)98)27-47(50(36)54(86)52(31)81-79-43-21-38(56(88)89)19-39(22-43)57(90)91)71-64-75-60(67-13-15-83)73-62(77-64)69-29-33-3-7-35(8-4-33)49(85)11-12-66-42-9-5-34(6-10-42)30-70-63-74-61(68-14-16-84)76-65(78-63)72-48-28-46(103(99,100)101)26-37-18-32(2)53(55(87)51(37)48)82-80-44-23-40(58(92)93)20-41(24-44)59(94)95/h3-10,17-28,66,83-84,86-87H,11-16,29-30H2,1-2H3,(H,88,89)(H,90,91)(H,92,93)(H,94,95)(H,96,97,98)(H,99,100,101)(H3,67,69,71,73,75,77)(H3,68,70,72,74,76,78). The molecule has 0 radical (unpaired) electrons. The van der Waals surface area contributed by atoms with Gasteiger partial charge in [-0.05, 0) is 132 Å². The van der Waals surface area contributed by atoms with Crippen molar-refractivity contribution in [3.63, 3.8) is 0 Å². The molecule has 0 spiro atoms. The molecule has 103 heavy (non-hydrogen) atoms. The van der Waals surface area contributed by atoms with Gasteiger partial charge in [-0.25, -0.2) is 19.2 Å². The number of aliphatic hydroxyl groups is 2. The van der Waals surface area contributed by atoms with Crippen LogP contribution in [-0.2, 0) is 33.3 Å². The van der Waals surface area contributed by atoms with Gasteiger partial charge in [0.2, 0.25) is 35.7 Å². The summed E-state index contributed by atoms with van der Waals surface area (Å²) in [5.41, 5.74) is 0.334. The number of aryl methyl sites for hydroxylation is 2. The van der Waals surface area contributed by atoms with E-state index in [9.17, 15) is 90.8 Å². The molecule has 17 N–H and O–H groups in total. The Morgan fingerprint density at radius 1 is 0.417 bits per heavy atom. The first-order valence-electron chi connectivity index (χ1n) is 30.3. The summed E-state index contributed by atoms with van der Waals surface area (Å²) in [4.78, 5) is 85.4. The third kappa shape index (κ3) is 18.1. The predicted molar refractivity (Wildman–Crippen MR) is 372 cm³/mol. The zero-order valence-electron chi connectivity index (χ0n) is 53.6. The van der Waals surface area contributed by atoms with E-state index in [1.165, 1.54) is 26.0 Å². The number of aromatic carboxylic acids is 4. The van der Waals surface area contributed by atoms with Gasteiger partial charge in [0.05, 0.1) is 68.0 Å². The normalized spacial score (nSPS) is 11.6. The van der Waals surface area contributed by atoms with Crippen LogP contribution in [0.5, 0.6) is 11.5 Å². The Morgan fingerprint density at radius 2 is 0.777 bits per heavy atom. The lowest BCUT2D eigenvalue weighted by atomic mass is 10.0. The van der Waals surface area contributed by atoms with Crippen LogP contribution in [-0.4, -0.2) is 159 Å². The van der Waals surface area contributed by atoms with Gasteiger partial charge in [-0.3, -0.25) is 13.9 Å². The summed E-state index contributed by atoms with van der Waals surface area (Å²) < 4.78 is 70.5. The fraction of sp³-hybridized carbons (Fsp3) is 0.154. The number of hydrogen-bond donors (Lipinski definition) is 17. The molecule has 530 valence electrons. The molecule has 0 saturated heterocycles. The average molecular weight is 1450 g/mol. The number of rotatable bonds is 31. The van der Waals surface area contributed by atoms with Crippen LogP contribution in [0.15, 0.2) is 152 Å². The summed E-state index contributed by atoms with van der Waals surface area (Å²) in [6, 6.07) is 27.0. The summed E-state index contributed by atoms with van der Waals surface area (Å²) in [5, 5.41) is 118. The number of aromatic nitrogens is 6. The number of hydrogen-bond acceptors (Lipinski definition) is 30. The van der Waals surface area contributed by atoms with Crippen LogP contribution in [0.3, 0.4) is 0 Å². The number of carbonyl (C=O) groups is 5. The minimum Gasteiger partial charge on any atom is -0.505 e. The zero-order chi connectivity index (χ0) is 74.0. The number of anilines is 9. The number of azo groups is 2. The number of fused-ring (bicyclic) bond motifs is 2. The van der Waals surface area contributed by atoms with Crippen LogP contribution in [0.25, 0.3) is 21.5 Å². The van der Waals surface area contributed by atoms with Crippen molar-refractivity contribution >= 4 is 147 Å². The summed E-state index contributed by atoms with van der Waals surface area (Å²) in [6.45, 7) is 2.81. The van der Waals surface area contributed by atoms with E-state index in [1.807, 2.05) is 0 Å². The SMILES string of the molecule is Cc1cc2cc(S(=O)(=O)O)cc(Nc3nc(NCCO)nc(NCc4ccc(NCCC(=O)c5ccc(CNc6nc(NCCO)nc(Nc7cc(S(=O)(=O)O)cc8cc(C)c(N=Nc9cc(C(=O)O)cc(C(=O)O)c9)c(O)c78)n6)cc5)cc4)n3)c2c(O)c1N=Nc1cc(C(=O)O)cc(C(=O)O)c1. The predicted octanol–water partition coefficient (Wildman–Crippen LogP) is 9.71. The van der Waals surface area contributed by atoms with E-state index in [-0.39, 0.29) is 161 Å². The highest BCUT2D eigenvalue weighted by molar-refractivity contribution is 7.86. The van der Waals surface area contributed by atoms with Crippen LogP contribution in [0.1, 0.15) is 80.5 Å². The molecule has 10 rings (SSSR count). The topological polar surface area (TPSA) is 567 Å². The summed E-state index contributed by atoms with van der Waals surface area (Å²) in [7, 11) is -9.75. The van der Waals surface area contributed by atoms with E-state index in [0.717, 1.165) is 66.2 Å². The third-order valence-electron chi connectivity index (χ3n) is 15.0. The molecule has 0 aliphatic rings. The number of ketones is 1. The largest absolute Gasteiger partial charge is 0.505 e. The lowest BCUT2D eigenvalue weighted by Gasteiger charge is -2.16. The van der Waals surface area contributed by atoms with Crippen LogP contribution in [0, 0.1) is 13.8 Å². The highest BCUT2D eigenvalue weighted by atomic mass is 32.2. The van der Waals surface area contributed by atoms with Gasteiger partial charge in [0, 0.05) is 61.2 Å². The Kier molecular flexibility index (Phi) is 21.9. The molecule has 0 unspecified atom stereocenters. The van der Waals surface area contributed by atoms with Gasteiger partial charge in [-0.15, -0.1) is 10.2 Å². The number of Topliss-reactive ketones (excluding diaryl/α,β-unsaturated/α-hetero) is 1. The monoisotopic (exact) mass is 1450 g/mol. The Balaban J connectivity index is 0.784. The van der Waals surface area contributed by atoms with Crippen molar-refractivity contribution in [1.29, 1.82) is 0 Å². The lowest BCUT2D eigenvalue weighted by Crippen LogP contribution is -2.13. The van der Waals surface area contributed by atoms with Crippen molar-refractivity contribution in [2.24, 2.45) is 20.5 Å². The first kappa shape index (κ1) is 72.7. The maximum atomic E-state index is 13.4. The smallest absolute Gasteiger partial charge is 0.335 e. The Labute approximate surface area is 581 Å². The summed E-state index contributed by atoms with van der Waals surface area (Å²) in [5.74, 6) is -7.67. The second-order valence-electron chi connectivity index (χ2n) is 22.4. The average Bonchev–Trinajstić information content (AvgIpc) is 0.762. The molecule has 2 heterocycles. The van der Waals surface area contributed by atoms with E-state index >= 15 is 0 Å². The van der Waals surface area contributed by atoms with Gasteiger partial charge in [-0.1, -0.05) is 36.4 Å². The number of phenolic OH excluding ortho intramolecular Hbond substituents is 2. The Hall–Kier alpha value is -13.0. The van der Waals surface area contributed by atoms with Crippen LogP contribution in [0.4, 0.5) is 75.5 Å². The quantitative estimate of drug-likeness (QED) is 0.0109. The summed E-state index contributed by atoms with van der Waals surface area (Å²) in [6.07, 6.45) is 0.0979. The van der Waals surface area contributed by atoms with Crippen molar-refractivity contribution < 1.29 is 90.8 Å². The number of aliphatic hydroxyl groups excluding tert-OH is 2. The zero-order valence-corrected chi connectivity index (χ0v) is 55.3. The van der Waals surface area contributed by atoms with Crippen molar-refractivity contribution in [2.45, 2.75) is 43.1 Å². The van der Waals surface area contributed by atoms with E-state index in [4.69, 9.17) is 0 Å². The van der Waals surface area contributed by atoms with E-state index in [1.54, 1.807) is 48.5 Å². The van der Waals surface area contributed by atoms with Gasteiger partial charge in [0.25, 0.3) is 20.2 Å². The number of phenols is 2. The molecular weight excluding hydrogens is 1390 g/mol. The number of nitrogens with zero attached hydrogens (tertiary/aromatic N) is 10. The van der Waals surface area contributed by atoms with Crippen LogP contribution < -0.4 is 37.2 Å². The molecule has 0 aliphatic carbocycles. The van der Waals surface area contributed by atoms with Crippen molar-refractivity contribution in [2.75, 3.05) is 70.1 Å². The maximum Gasteiger partial charge on any atom is 0.335 e. The van der Waals surface area contributed by atoms with Crippen molar-refractivity contribution in [3.8, 4) is 11.5 Å². The molecule has 38 heteroatoms. The first-order valence-corrected chi connectivity index (χ1v) is 33.2. The molecule has 0 fully saturated rings. The molecule has 36 nitrogen and oxygen atoms in total. The molecule has 0 atom stereocenters. The fourth-order valence-corrected chi connectivity index (χ4v) is 11.3. The Bertz CT molecular complexity index is 5280. The number of carboxylic acids is 4. The molecule has 0 amide bonds. The number of nitrogens with one attached hydrogen (secondary N) is 7. The van der Waals surface area contributed by atoms with E-state index in [0.29, 0.717) is 16.8 Å². The minimum atomic E-state index is -4.88. The number of carboxylic acid groups (broad SMARTS) is 4. The van der Waals surface area contributed by atoms with Gasteiger partial charge in [0.15, 0.2) is 17.3 Å². The van der Waals surface area contributed by atoms with E-state index < -0.39 is 87.7 Å². The van der Waals surface area contributed by atoms with Gasteiger partial charge in [-0.2, -0.15) is 57.0 Å². The first-order chi connectivity index (χ1) is 49.0. The van der Waals surface area contributed by atoms with Crippen molar-refractivity contribution in [3.05, 3.63) is 171 Å². The maximum absolute atomic E-state index is 13.4. The van der Waals surface area contributed by atoms with Gasteiger partial charge in [0.1, 0.15) is 11.4 Å². The number of carbonyl (C=O) groups excluding carboxylic acids is 1.